The molecule has 1 aromatic rings. The summed E-state index contributed by atoms with van der Waals surface area (Å²) in [5.41, 5.74) is 8.05. The first-order valence-electron chi connectivity index (χ1n) is 7.00. The van der Waals surface area contributed by atoms with E-state index in [9.17, 15) is 9.59 Å². The second-order valence-electron chi connectivity index (χ2n) is 5.29. The molecule has 4 N–H and O–H groups in total. The number of rotatable bonds is 6. The van der Waals surface area contributed by atoms with Gasteiger partial charge in [0, 0.05) is 30.3 Å². The largest absolute Gasteiger partial charge is 0.399 e. The summed E-state index contributed by atoms with van der Waals surface area (Å²) in [6, 6.07) is 5.43. The highest BCUT2D eigenvalue weighted by Gasteiger charge is 2.28. The normalized spacial score (nSPS) is 13.2. The molecule has 1 saturated carbocycles. The Morgan fingerprint density at radius 3 is 2.71 bits per heavy atom. The number of benzene rings is 1. The first kappa shape index (κ1) is 17.3. The maximum Gasteiger partial charge on any atom is 0.224 e. The summed E-state index contributed by atoms with van der Waals surface area (Å²) in [5, 5.41) is 5.69. The van der Waals surface area contributed by atoms with Crippen molar-refractivity contribution in [2.45, 2.75) is 32.6 Å². The van der Waals surface area contributed by atoms with Gasteiger partial charge >= 0.3 is 0 Å². The van der Waals surface area contributed by atoms with Crippen molar-refractivity contribution in [1.29, 1.82) is 0 Å². The lowest BCUT2D eigenvalue weighted by molar-refractivity contribution is -0.122. The molecule has 0 atom stereocenters. The summed E-state index contributed by atoms with van der Waals surface area (Å²) in [7, 11) is 0. The van der Waals surface area contributed by atoms with Gasteiger partial charge in [0.25, 0.3) is 0 Å². The summed E-state index contributed by atoms with van der Waals surface area (Å²) in [6.07, 6.45) is 3.03. The quantitative estimate of drug-likeness (QED) is 0.556. The molecule has 1 aliphatic carbocycles. The van der Waals surface area contributed by atoms with E-state index < -0.39 is 0 Å². The molecule has 0 heterocycles. The molecule has 2 amide bonds. The number of hydrogen-bond donors (Lipinski definition) is 3. The fourth-order valence-corrected chi connectivity index (χ4v) is 1.94. The summed E-state index contributed by atoms with van der Waals surface area (Å²) < 4.78 is 0. The van der Waals surface area contributed by atoms with Gasteiger partial charge in [-0.25, -0.2) is 0 Å². The molecule has 2 rings (SSSR count). The molecule has 116 valence electrons. The van der Waals surface area contributed by atoms with Gasteiger partial charge in [-0.3, -0.25) is 9.59 Å². The molecule has 0 spiro atoms. The maximum atomic E-state index is 11.8. The van der Waals surface area contributed by atoms with Crippen molar-refractivity contribution in [3.63, 3.8) is 0 Å². The zero-order chi connectivity index (χ0) is 14.5. The molecule has 0 saturated heterocycles. The summed E-state index contributed by atoms with van der Waals surface area (Å²) in [4.78, 5) is 23.2. The number of nitrogens with two attached hydrogens (primary N) is 1. The number of amides is 2. The van der Waals surface area contributed by atoms with Gasteiger partial charge in [0.1, 0.15) is 0 Å². The Labute approximate surface area is 131 Å². The van der Waals surface area contributed by atoms with Crippen LogP contribution in [0.15, 0.2) is 18.2 Å². The zero-order valence-electron chi connectivity index (χ0n) is 12.1. The predicted molar refractivity (Wildman–Crippen MR) is 86.4 cm³/mol. The van der Waals surface area contributed by atoms with Crippen LogP contribution in [0.1, 0.15) is 31.2 Å². The standard InChI is InChI=1S/C15H21N3O2.ClH/c1-10-4-7-12(16)9-13(10)18-14(19)3-2-8-17-15(20)11-5-6-11;/h4,7,9,11H,2-3,5-6,8,16H2,1H3,(H,17,20)(H,18,19);1H. The second kappa shape index (κ2) is 7.88. The van der Waals surface area contributed by atoms with Crippen molar-refractivity contribution < 1.29 is 9.59 Å². The number of hydrogen-bond acceptors (Lipinski definition) is 3. The Bertz CT molecular complexity index is 516. The highest BCUT2D eigenvalue weighted by atomic mass is 35.5. The van der Waals surface area contributed by atoms with Gasteiger partial charge in [-0.15, -0.1) is 12.4 Å². The lowest BCUT2D eigenvalue weighted by Crippen LogP contribution is -2.26. The van der Waals surface area contributed by atoms with E-state index in [0.29, 0.717) is 25.1 Å². The van der Waals surface area contributed by atoms with Crippen LogP contribution in [-0.4, -0.2) is 18.4 Å². The molecule has 0 aliphatic heterocycles. The third-order valence-electron chi connectivity index (χ3n) is 3.36. The van der Waals surface area contributed by atoms with E-state index in [1.807, 2.05) is 13.0 Å². The van der Waals surface area contributed by atoms with Crippen LogP contribution in [0.4, 0.5) is 11.4 Å². The van der Waals surface area contributed by atoms with Crippen LogP contribution in [0, 0.1) is 12.8 Å². The SMILES string of the molecule is Cc1ccc(N)cc1NC(=O)CCCNC(=O)C1CC1.Cl. The van der Waals surface area contributed by atoms with E-state index in [1.54, 1.807) is 12.1 Å². The topological polar surface area (TPSA) is 84.2 Å². The monoisotopic (exact) mass is 311 g/mol. The third kappa shape index (κ3) is 5.63. The minimum Gasteiger partial charge on any atom is -0.399 e. The summed E-state index contributed by atoms with van der Waals surface area (Å²) in [5.74, 6) is 0.287. The van der Waals surface area contributed by atoms with Crippen LogP contribution in [-0.2, 0) is 9.59 Å². The molecule has 0 aromatic heterocycles. The average Bonchev–Trinajstić information content (AvgIpc) is 3.23. The van der Waals surface area contributed by atoms with Crippen LogP contribution in [0.5, 0.6) is 0 Å². The fourth-order valence-electron chi connectivity index (χ4n) is 1.94. The van der Waals surface area contributed by atoms with E-state index in [1.165, 1.54) is 0 Å². The van der Waals surface area contributed by atoms with Gasteiger partial charge in [0.05, 0.1) is 0 Å². The van der Waals surface area contributed by atoms with E-state index in [-0.39, 0.29) is 30.1 Å². The van der Waals surface area contributed by atoms with E-state index >= 15 is 0 Å². The molecule has 1 aliphatic rings. The average molecular weight is 312 g/mol. The molecular weight excluding hydrogens is 290 g/mol. The van der Waals surface area contributed by atoms with Gasteiger partial charge in [-0.1, -0.05) is 6.07 Å². The number of nitrogen functional groups attached to an aromatic ring is 1. The van der Waals surface area contributed by atoms with Crippen LogP contribution >= 0.6 is 12.4 Å². The van der Waals surface area contributed by atoms with Crippen molar-refractivity contribution in [2.75, 3.05) is 17.6 Å². The third-order valence-corrected chi connectivity index (χ3v) is 3.36. The molecule has 21 heavy (non-hydrogen) atoms. The van der Waals surface area contributed by atoms with E-state index in [0.717, 1.165) is 24.1 Å². The fraction of sp³-hybridized carbons (Fsp3) is 0.467. The van der Waals surface area contributed by atoms with Crippen molar-refractivity contribution in [2.24, 2.45) is 5.92 Å². The second-order valence-corrected chi connectivity index (χ2v) is 5.29. The van der Waals surface area contributed by atoms with Crippen LogP contribution < -0.4 is 16.4 Å². The number of carbonyl (C=O) groups excluding carboxylic acids is 2. The molecule has 0 unspecified atom stereocenters. The number of halogens is 1. The first-order chi connectivity index (χ1) is 9.56. The van der Waals surface area contributed by atoms with Crippen molar-refractivity contribution in [3.8, 4) is 0 Å². The maximum absolute atomic E-state index is 11.8. The van der Waals surface area contributed by atoms with Crippen LogP contribution in [0.25, 0.3) is 0 Å². The smallest absolute Gasteiger partial charge is 0.224 e. The minimum absolute atomic E-state index is 0. The lowest BCUT2D eigenvalue weighted by Gasteiger charge is -2.09. The van der Waals surface area contributed by atoms with E-state index in [2.05, 4.69) is 10.6 Å². The first-order valence-corrected chi connectivity index (χ1v) is 7.00. The van der Waals surface area contributed by atoms with Gasteiger partial charge in [-0.05, 0) is 43.9 Å². The number of anilines is 2. The van der Waals surface area contributed by atoms with Gasteiger partial charge in [0.15, 0.2) is 0 Å². The highest BCUT2D eigenvalue weighted by Crippen LogP contribution is 2.28. The molecule has 1 aromatic carbocycles. The van der Waals surface area contributed by atoms with Gasteiger partial charge < -0.3 is 16.4 Å². The molecule has 6 heteroatoms. The Hall–Kier alpha value is -1.75. The zero-order valence-corrected chi connectivity index (χ0v) is 13.0. The molecule has 5 nitrogen and oxygen atoms in total. The number of aryl methyl sites for hydroxylation is 1. The van der Waals surface area contributed by atoms with Gasteiger partial charge in [-0.2, -0.15) is 0 Å². The predicted octanol–water partition coefficient (Wildman–Crippen LogP) is 2.24. The summed E-state index contributed by atoms with van der Waals surface area (Å²) in [6.45, 7) is 2.48. The Kier molecular flexibility index (Phi) is 6.49. The summed E-state index contributed by atoms with van der Waals surface area (Å²) >= 11 is 0. The number of carbonyl (C=O) groups is 2. The van der Waals surface area contributed by atoms with Crippen molar-refractivity contribution in [1.82, 2.24) is 5.32 Å². The van der Waals surface area contributed by atoms with Crippen LogP contribution in [0.3, 0.4) is 0 Å². The Morgan fingerprint density at radius 1 is 1.33 bits per heavy atom. The molecular formula is C15H22ClN3O2. The molecule has 0 radical (unpaired) electrons. The van der Waals surface area contributed by atoms with E-state index in [4.69, 9.17) is 5.73 Å². The Morgan fingerprint density at radius 2 is 2.05 bits per heavy atom. The molecule has 1 fully saturated rings. The minimum atomic E-state index is -0.0561. The number of nitrogens with one attached hydrogen (secondary N) is 2. The Balaban J connectivity index is 0.00000220. The van der Waals surface area contributed by atoms with Crippen LogP contribution in [0.2, 0.25) is 0 Å². The highest BCUT2D eigenvalue weighted by molar-refractivity contribution is 5.92. The lowest BCUT2D eigenvalue weighted by atomic mass is 10.1. The van der Waals surface area contributed by atoms with Gasteiger partial charge in [0.2, 0.25) is 11.8 Å². The van der Waals surface area contributed by atoms with Crippen molar-refractivity contribution >= 4 is 35.6 Å². The molecule has 0 bridgehead atoms. The van der Waals surface area contributed by atoms with Crippen molar-refractivity contribution in [3.05, 3.63) is 23.8 Å².